The van der Waals surface area contributed by atoms with Crippen LogP contribution < -0.4 is 10.5 Å². The summed E-state index contributed by atoms with van der Waals surface area (Å²) in [5, 5.41) is 10.5. The van der Waals surface area contributed by atoms with Crippen LogP contribution in [-0.2, 0) is 0 Å². The Bertz CT molecular complexity index is 621. The minimum atomic E-state index is -0.885. The van der Waals surface area contributed by atoms with Crippen molar-refractivity contribution >= 4 is 15.9 Å². The van der Waals surface area contributed by atoms with Gasteiger partial charge in [-0.05, 0) is 35.4 Å². The van der Waals surface area contributed by atoms with E-state index in [1.54, 1.807) is 6.07 Å². The molecule has 2 atom stereocenters. The van der Waals surface area contributed by atoms with Gasteiger partial charge in [-0.2, -0.15) is 0 Å². The van der Waals surface area contributed by atoms with Gasteiger partial charge in [0.05, 0.1) is 13.2 Å². The van der Waals surface area contributed by atoms with Gasteiger partial charge in [-0.1, -0.05) is 34.1 Å². The van der Waals surface area contributed by atoms with Crippen molar-refractivity contribution in [1.29, 1.82) is 0 Å². The van der Waals surface area contributed by atoms with E-state index >= 15 is 0 Å². The van der Waals surface area contributed by atoms with Crippen molar-refractivity contribution in [3.05, 3.63) is 63.9 Å². The molecule has 2 unspecified atom stereocenters. The molecule has 21 heavy (non-hydrogen) atoms. The van der Waals surface area contributed by atoms with E-state index in [9.17, 15) is 9.50 Å². The van der Waals surface area contributed by atoms with Crippen molar-refractivity contribution in [2.24, 2.45) is 5.73 Å². The van der Waals surface area contributed by atoms with E-state index in [0.717, 1.165) is 10.0 Å². The molecule has 0 aliphatic carbocycles. The van der Waals surface area contributed by atoms with Crippen molar-refractivity contribution in [2.75, 3.05) is 13.7 Å². The molecule has 112 valence electrons. The second-order valence-corrected chi connectivity index (χ2v) is 5.65. The summed E-state index contributed by atoms with van der Waals surface area (Å²) in [6.07, 6.45) is -0.885. The third kappa shape index (κ3) is 3.61. The minimum absolute atomic E-state index is 0.151. The molecule has 3 nitrogen and oxygen atoms in total. The molecule has 0 saturated heterocycles. The van der Waals surface area contributed by atoms with Crippen LogP contribution in [0.15, 0.2) is 46.9 Å². The molecule has 0 spiro atoms. The molecule has 0 aliphatic heterocycles. The lowest BCUT2D eigenvalue weighted by Gasteiger charge is -2.23. The van der Waals surface area contributed by atoms with Crippen molar-refractivity contribution in [2.45, 2.75) is 12.0 Å². The van der Waals surface area contributed by atoms with Gasteiger partial charge >= 0.3 is 0 Å². The largest absolute Gasteiger partial charge is 0.494 e. The molecule has 0 radical (unpaired) electrons. The number of hydrogen-bond acceptors (Lipinski definition) is 3. The Kier molecular flexibility index (Phi) is 5.33. The zero-order valence-corrected chi connectivity index (χ0v) is 13.2. The Morgan fingerprint density at radius 1 is 1.24 bits per heavy atom. The topological polar surface area (TPSA) is 55.5 Å². The summed E-state index contributed by atoms with van der Waals surface area (Å²) >= 11 is 3.40. The number of methoxy groups -OCH3 is 1. The van der Waals surface area contributed by atoms with Crippen LogP contribution in [0.4, 0.5) is 4.39 Å². The normalized spacial score (nSPS) is 13.8. The summed E-state index contributed by atoms with van der Waals surface area (Å²) in [7, 11) is 1.40. The average molecular weight is 354 g/mol. The summed E-state index contributed by atoms with van der Waals surface area (Å²) in [4.78, 5) is 0. The van der Waals surface area contributed by atoms with Crippen molar-refractivity contribution in [1.82, 2.24) is 0 Å². The average Bonchev–Trinajstić information content (AvgIpc) is 2.48. The number of hydrogen-bond donors (Lipinski definition) is 2. The predicted molar refractivity (Wildman–Crippen MR) is 83.8 cm³/mol. The van der Waals surface area contributed by atoms with Gasteiger partial charge in [-0.15, -0.1) is 0 Å². The standard InChI is InChI=1S/C16H17BrFNO2/c1-21-15-6-5-11(8-14(15)18)16(20)13(9-19)10-3-2-4-12(17)7-10/h2-8,13,16,20H,9,19H2,1H3. The number of halogens is 2. The highest BCUT2D eigenvalue weighted by Crippen LogP contribution is 2.33. The molecule has 0 saturated carbocycles. The van der Waals surface area contributed by atoms with Crippen molar-refractivity contribution < 1.29 is 14.2 Å². The van der Waals surface area contributed by atoms with Crippen LogP contribution >= 0.6 is 15.9 Å². The Morgan fingerprint density at radius 2 is 2.00 bits per heavy atom. The Labute approximate surface area is 131 Å². The molecule has 0 bridgehead atoms. The number of aliphatic hydroxyl groups excluding tert-OH is 1. The van der Waals surface area contributed by atoms with Gasteiger partial charge < -0.3 is 15.6 Å². The predicted octanol–water partition coefficient (Wildman–Crippen LogP) is 3.37. The first kappa shape index (κ1) is 15.9. The second-order valence-electron chi connectivity index (χ2n) is 4.74. The van der Waals surface area contributed by atoms with E-state index in [1.165, 1.54) is 19.2 Å². The van der Waals surface area contributed by atoms with Crippen LogP contribution in [0.1, 0.15) is 23.1 Å². The van der Waals surface area contributed by atoms with Gasteiger partial charge in [-0.25, -0.2) is 4.39 Å². The zero-order valence-electron chi connectivity index (χ0n) is 11.6. The highest BCUT2D eigenvalue weighted by atomic mass is 79.9. The summed E-state index contributed by atoms with van der Waals surface area (Å²) in [6, 6.07) is 12.0. The van der Waals surface area contributed by atoms with Gasteiger partial charge in [-0.3, -0.25) is 0 Å². The van der Waals surface area contributed by atoms with Gasteiger partial charge in [0.25, 0.3) is 0 Å². The van der Waals surface area contributed by atoms with E-state index in [2.05, 4.69) is 15.9 Å². The first-order valence-corrected chi connectivity index (χ1v) is 7.33. The molecule has 2 aromatic carbocycles. The molecule has 5 heteroatoms. The Morgan fingerprint density at radius 3 is 2.57 bits per heavy atom. The smallest absolute Gasteiger partial charge is 0.165 e. The zero-order chi connectivity index (χ0) is 15.4. The lowest BCUT2D eigenvalue weighted by Crippen LogP contribution is -2.20. The van der Waals surface area contributed by atoms with Crippen LogP contribution in [0.25, 0.3) is 0 Å². The third-order valence-corrected chi connectivity index (χ3v) is 3.92. The number of ether oxygens (including phenoxy) is 1. The van der Waals surface area contributed by atoms with E-state index in [-0.39, 0.29) is 18.2 Å². The summed E-state index contributed by atoms with van der Waals surface area (Å²) in [6.45, 7) is 0.255. The highest BCUT2D eigenvalue weighted by Gasteiger charge is 2.22. The molecule has 2 rings (SSSR count). The maximum Gasteiger partial charge on any atom is 0.165 e. The van der Waals surface area contributed by atoms with Crippen LogP contribution in [0.2, 0.25) is 0 Å². The molecule has 2 aromatic rings. The second kappa shape index (κ2) is 7.02. The van der Waals surface area contributed by atoms with Crippen LogP contribution in [0.3, 0.4) is 0 Å². The fourth-order valence-corrected chi connectivity index (χ4v) is 2.70. The number of nitrogens with two attached hydrogens (primary N) is 1. The number of benzene rings is 2. The summed E-state index contributed by atoms with van der Waals surface area (Å²) in [5.41, 5.74) is 7.17. The molecular weight excluding hydrogens is 337 g/mol. The van der Waals surface area contributed by atoms with E-state index in [1.807, 2.05) is 24.3 Å². The first-order valence-electron chi connectivity index (χ1n) is 6.54. The van der Waals surface area contributed by atoms with Crippen LogP contribution in [-0.4, -0.2) is 18.8 Å². The maximum atomic E-state index is 13.8. The molecule has 0 aliphatic rings. The Balaban J connectivity index is 2.32. The first-order chi connectivity index (χ1) is 10.1. The van der Waals surface area contributed by atoms with Crippen molar-refractivity contribution in [3.8, 4) is 5.75 Å². The van der Waals surface area contributed by atoms with Crippen LogP contribution in [0.5, 0.6) is 5.75 Å². The SMILES string of the molecule is COc1ccc(C(O)C(CN)c2cccc(Br)c2)cc1F. The molecule has 0 fully saturated rings. The van der Waals surface area contributed by atoms with Gasteiger partial charge in [0.1, 0.15) is 0 Å². The third-order valence-electron chi connectivity index (χ3n) is 3.43. The Hall–Kier alpha value is -1.43. The van der Waals surface area contributed by atoms with E-state index < -0.39 is 11.9 Å². The molecular formula is C16H17BrFNO2. The lowest BCUT2D eigenvalue weighted by molar-refractivity contribution is 0.147. The van der Waals surface area contributed by atoms with Gasteiger partial charge in [0.15, 0.2) is 11.6 Å². The summed E-state index contributed by atoms with van der Waals surface area (Å²) in [5.74, 6) is -0.660. The van der Waals surface area contributed by atoms with Crippen molar-refractivity contribution in [3.63, 3.8) is 0 Å². The molecule has 0 aromatic heterocycles. The minimum Gasteiger partial charge on any atom is -0.494 e. The maximum absolute atomic E-state index is 13.8. The monoisotopic (exact) mass is 353 g/mol. The van der Waals surface area contributed by atoms with Crippen LogP contribution in [0, 0.1) is 5.82 Å². The fourth-order valence-electron chi connectivity index (χ4n) is 2.28. The summed E-state index contributed by atoms with van der Waals surface area (Å²) < 4.78 is 19.6. The number of aliphatic hydroxyl groups is 1. The highest BCUT2D eigenvalue weighted by molar-refractivity contribution is 9.10. The van der Waals surface area contributed by atoms with E-state index in [4.69, 9.17) is 10.5 Å². The molecule has 3 N–H and O–H groups in total. The molecule has 0 heterocycles. The van der Waals surface area contributed by atoms with E-state index in [0.29, 0.717) is 5.56 Å². The number of rotatable bonds is 5. The quantitative estimate of drug-likeness (QED) is 0.866. The molecule has 0 amide bonds. The van der Waals surface area contributed by atoms with Gasteiger partial charge in [0, 0.05) is 16.9 Å². The van der Waals surface area contributed by atoms with Gasteiger partial charge in [0.2, 0.25) is 0 Å². The lowest BCUT2D eigenvalue weighted by atomic mass is 9.89. The fraction of sp³-hybridized carbons (Fsp3) is 0.250.